The van der Waals surface area contributed by atoms with Crippen LogP contribution in [0.15, 0.2) is 11.5 Å². The summed E-state index contributed by atoms with van der Waals surface area (Å²) in [6.45, 7) is 9.02. The third-order valence-electron chi connectivity index (χ3n) is 1.60. The molecule has 0 unspecified atom stereocenters. The van der Waals surface area contributed by atoms with Crippen LogP contribution in [0, 0.1) is 5.92 Å². The van der Waals surface area contributed by atoms with Crippen molar-refractivity contribution in [3.05, 3.63) is 11.5 Å². The van der Waals surface area contributed by atoms with E-state index >= 15 is 0 Å². The van der Waals surface area contributed by atoms with Gasteiger partial charge < -0.3 is 0 Å². The lowest BCUT2D eigenvalue weighted by molar-refractivity contribution is 0.560. The van der Waals surface area contributed by atoms with Gasteiger partial charge in [0.2, 0.25) is 0 Å². The lowest BCUT2D eigenvalue weighted by atomic mass is 10.1. The minimum absolute atomic E-state index is 0.728. The molecule has 0 rings (SSSR count). The van der Waals surface area contributed by atoms with E-state index in [0.717, 1.165) is 11.2 Å². The zero-order chi connectivity index (χ0) is 9.40. The Morgan fingerprint density at radius 3 is 2.33 bits per heavy atom. The fourth-order valence-electron chi connectivity index (χ4n) is 0.925. The summed E-state index contributed by atoms with van der Waals surface area (Å²) in [4.78, 5) is 0. The number of hydrogen-bond donors (Lipinski definition) is 0. The van der Waals surface area contributed by atoms with Crippen LogP contribution in [0.3, 0.4) is 0 Å². The summed E-state index contributed by atoms with van der Waals surface area (Å²) in [6, 6.07) is 0. The number of thioether (sulfide) groups is 1. The monoisotopic (exact) mass is 186 g/mol. The first-order valence-corrected chi connectivity index (χ1v) is 5.87. The normalized spacial score (nSPS) is 12.2. The van der Waals surface area contributed by atoms with E-state index in [1.165, 1.54) is 19.3 Å². The van der Waals surface area contributed by atoms with Gasteiger partial charge in [-0.3, -0.25) is 0 Å². The molecule has 0 aliphatic rings. The molecule has 0 aromatic carbocycles. The molecule has 0 saturated carbocycles. The van der Waals surface area contributed by atoms with Crippen LogP contribution in [-0.2, 0) is 0 Å². The Balaban J connectivity index is 3.13. The van der Waals surface area contributed by atoms with Crippen molar-refractivity contribution < 1.29 is 0 Å². The van der Waals surface area contributed by atoms with E-state index in [1.807, 2.05) is 11.8 Å². The predicted molar refractivity (Wildman–Crippen MR) is 60.6 cm³/mol. The molecule has 0 aliphatic heterocycles. The molecule has 72 valence electrons. The molecule has 0 fully saturated rings. The smallest absolute Gasteiger partial charge is 0.00316 e. The summed E-state index contributed by atoms with van der Waals surface area (Å²) in [5.74, 6) is 0.858. The van der Waals surface area contributed by atoms with Crippen LogP contribution in [0.5, 0.6) is 0 Å². The van der Waals surface area contributed by atoms with Crippen molar-refractivity contribution in [2.45, 2.75) is 52.2 Å². The molecule has 0 nitrogen and oxygen atoms in total. The minimum atomic E-state index is 0.728. The highest BCUT2D eigenvalue weighted by Gasteiger charge is 1.91. The minimum Gasteiger partial charge on any atom is -0.132 e. The molecule has 0 aromatic heterocycles. The van der Waals surface area contributed by atoms with Crippen molar-refractivity contribution in [2.75, 3.05) is 0 Å². The third kappa shape index (κ3) is 10.1. The SMILES string of the molecule is CC(C)CCC/C=C\SC(C)C. The molecule has 0 radical (unpaired) electrons. The van der Waals surface area contributed by atoms with Crippen LogP contribution in [0.1, 0.15) is 47.0 Å². The number of unbranched alkanes of at least 4 members (excludes halogenated alkanes) is 1. The van der Waals surface area contributed by atoms with Gasteiger partial charge in [0, 0.05) is 5.25 Å². The van der Waals surface area contributed by atoms with Crippen molar-refractivity contribution in [2.24, 2.45) is 5.92 Å². The van der Waals surface area contributed by atoms with Gasteiger partial charge in [-0.1, -0.05) is 40.2 Å². The van der Waals surface area contributed by atoms with Gasteiger partial charge in [0.15, 0.2) is 0 Å². The van der Waals surface area contributed by atoms with Crippen LogP contribution in [0.25, 0.3) is 0 Å². The summed E-state index contributed by atoms with van der Waals surface area (Å²) in [5, 5.41) is 2.97. The van der Waals surface area contributed by atoms with Gasteiger partial charge in [0.1, 0.15) is 0 Å². The molecule has 12 heavy (non-hydrogen) atoms. The summed E-state index contributed by atoms with van der Waals surface area (Å²) >= 11 is 1.91. The average Bonchev–Trinajstić information content (AvgIpc) is 1.95. The molecular formula is C11H22S. The largest absolute Gasteiger partial charge is 0.132 e. The number of rotatable bonds is 6. The van der Waals surface area contributed by atoms with E-state index in [-0.39, 0.29) is 0 Å². The van der Waals surface area contributed by atoms with Crippen LogP contribution in [0.2, 0.25) is 0 Å². The van der Waals surface area contributed by atoms with Crippen molar-refractivity contribution in [1.82, 2.24) is 0 Å². The maximum absolute atomic E-state index is 2.30. The molecule has 0 N–H and O–H groups in total. The Hall–Kier alpha value is 0.0900. The molecule has 0 saturated heterocycles. The van der Waals surface area contributed by atoms with Gasteiger partial charge in [0.05, 0.1) is 0 Å². The Morgan fingerprint density at radius 1 is 1.17 bits per heavy atom. The molecule has 0 heterocycles. The van der Waals surface area contributed by atoms with Crippen molar-refractivity contribution in [3.63, 3.8) is 0 Å². The fourth-order valence-corrected chi connectivity index (χ4v) is 1.49. The molecular weight excluding hydrogens is 164 g/mol. The first-order valence-electron chi connectivity index (χ1n) is 4.93. The lowest BCUT2D eigenvalue weighted by Gasteiger charge is -2.01. The number of allylic oxidation sites excluding steroid dienone is 1. The molecule has 0 atom stereocenters. The van der Waals surface area contributed by atoms with E-state index in [4.69, 9.17) is 0 Å². The zero-order valence-electron chi connectivity index (χ0n) is 8.84. The Kier molecular flexibility index (Phi) is 7.78. The van der Waals surface area contributed by atoms with E-state index in [9.17, 15) is 0 Å². The highest BCUT2D eigenvalue weighted by molar-refractivity contribution is 8.02. The van der Waals surface area contributed by atoms with Gasteiger partial charge in [-0.15, -0.1) is 11.8 Å². The summed E-state index contributed by atoms with van der Waals surface area (Å²) in [5.41, 5.74) is 0. The van der Waals surface area contributed by atoms with Crippen molar-refractivity contribution >= 4 is 11.8 Å². The first-order chi connectivity index (χ1) is 5.63. The second kappa shape index (κ2) is 7.72. The lowest BCUT2D eigenvalue weighted by Crippen LogP contribution is -1.85. The van der Waals surface area contributed by atoms with Gasteiger partial charge in [-0.05, 0) is 24.2 Å². The highest BCUT2D eigenvalue weighted by atomic mass is 32.2. The van der Waals surface area contributed by atoms with E-state index in [1.54, 1.807) is 0 Å². The summed E-state index contributed by atoms with van der Waals surface area (Å²) in [7, 11) is 0. The third-order valence-corrected chi connectivity index (χ3v) is 2.49. The van der Waals surface area contributed by atoms with Crippen LogP contribution < -0.4 is 0 Å². The van der Waals surface area contributed by atoms with Gasteiger partial charge >= 0.3 is 0 Å². The zero-order valence-corrected chi connectivity index (χ0v) is 9.66. The Bertz CT molecular complexity index is 114. The van der Waals surface area contributed by atoms with E-state index in [2.05, 4.69) is 39.2 Å². The molecule has 0 aliphatic carbocycles. The van der Waals surface area contributed by atoms with Gasteiger partial charge in [0.25, 0.3) is 0 Å². The predicted octanol–water partition coefficient (Wildman–Crippen LogP) is 4.47. The molecule has 0 spiro atoms. The highest BCUT2D eigenvalue weighted by Crippen LogP contribution is 2.12. The van der Waals surface area contributed by atoms with Gasteiger partial charge in [-0.25, -0.2) is 0 Å². The fraction of sp³-hybridized carbons (Fsp3) is 0.818. The topological polar surface area (TPSA) is 0 Å². The van der Waals surface area contributed by atoms with E-state index < -0.39 is 0 Å². The van der Waals surface area contributed by atoms with E-state index in [0.29, 0.717) is 0 Å². The standard InChI is InChI=1S/C11H22S/c1-10(2)8-6-5-7-9-12-11(3)4/h7,9-11H,5-6,8H2,1-4H3/b9-7-. The number of hydrogen-bond acceptors (Lipinski definition) is 1. The molecule has 0 aromatic rings. The maximum Gasteiger partial charge on any atom is 0.00316 e. The van der Waals surface area contributed by atoms with Crippen LogP contribution >= 0.6 is 11.8 Å². The van der Waals surface area contributed by atoms with Crippen LogP contribution in [0.4, 0.5) is 0 Å². The Labute approximate surface area is 81.8 Å². The molecule has 0 bridgehead atoms. The first kappa shape index (κ1) is 12.1. The second-order valence-electron chi connectivity index (χ2n) is 3.88. The summed E-state index contributed by atoms with van der Waals surface area (Å²) < 4.78 is 0. The van der Waals surface area contributed by atoms with Crippen LogP contribution in [-0.4, -0.2) is 5.25 Å². The quantitative estimate of drug-likeness (QED) is 0.552. The molecule has 0 amide bonds. The Morgan fingerprint density at radius 2 is 1.83 bits per heavy atom. The van der Waals surface area contributed by atoms with Gasteiger partial charge in [-0.2, -0.15) is 0 Å². The van der Waals surface area contributed by atoms with Crippen molar-refractivity contribution in [3.8, 4) is 0 Å². The second-order valence-corrected chi connectivity index (χ2v) is 5.37. The summed E-state index contributed by atoms with van der Waals surface area (Å²) in [6.07, 6.45) is 6.24. The molecule has 1 heteroatoms. The van der Waals surface area contributed by atoms with Crippen molar-refractivity contribution in [1.29, 1.82) is 0 Å². The average molecular weight is 186 g/mol. The maximum atomic E-state index is 2.30.